The molecule has 0 saturated heterocycles. The van der Waals surface area contributed by atoms with Crippen LogP contribution in [0.2, 0.25) is 0 Å². The largest absolute Gasteiger partial charge is 0.256 e. The van der Waals surface area contributed by atoms with Crippen molar-refractivity contribution in [1.82, 2.24) is 4.98 Å². The van der Waals surface area contributed by atoms with E-state index in [1.54, 1.807) is 30.3 Å². The van der Waals surface area contributed by atoms with Crippen LogP contribution < -0.4 is 5.14 Å². The lowest BCUT2D eigenvalue weighted by Gasteiger charge is -2.11. The summed E-state index contributed by atoms with van der Waals surface area (Å²) >= 11 is 3.36. The third-order valence-electron chi connectivity index (χ3n) is 3.52. The molecule has 0 fully saturated rings. The number of nitrogens with two attached hydrogens (primary N) is 1. The normalized spacial score (nSPS) is 11.5. The number of primary sulfonamides is 1. The van der Waals surface area contributed by atoms with Crippen LogP contribution >= 0.6 is 15.9 Å². The smallest absolute Gasteiger partial charge is 0.241 e. The number of pyridine rings is 1. The molecule has 3 rings (SSSR count). The van der Waals surface area contributed by atoms with Crippen LogP contribution in [0, 0.1) is 11.6 Å². The van der Waals surface area contributed by atoms with E-state index in [9.17, 15) is 17.2 Å². The van der Waals surface area contributed by atoms with Crippen molar-refractivity contribution in [2.75, 3.05) is 0 Å². The number of benzene rings is 2. The molecular formula is C17H11BrF2N2O2S. The monoisotopic (exact) mass is 424 g/mol. The van der Waals surface area contributed by atoms with Gasteiger partial charge in [0, 0.05) is 27.4 Å². The van der Waals surface area contributed by atoms with Gasteiger partial charge in [0.05, 0.1) is 5.69 Å². The van der Waals surface area contributed by atoms with Gasteiger partial charge in [-0.1, -0.05) is 34.1 Å². The lowest BCUT2D eigenvalue weighted by atomic mass is 9.99. The summed E-state index contributed by atoms with van der Waals surface area (Å²) in [5, 5.41) is 4.90. The molecule has 0 amide bonds. The molecule has 2 aromatic carbocycles. The van der Waals surface area contributed by atoms with E-state index in [4.69, 9.17) is 5.14 Å². The molecule has 0 atom stereocenters. The molecule has 3 aromatic rings. The van der Waals surface area contributed by atoms with Gasteiger partial charge in [-0.15, -0.1) is 0 Å². The Labute approximate surface area is 151 Å². The second-order valence-corrected chi connectivity index (χ2v) is 7.66. The standard InChI is InChI=1S/C17H11BrF2N2O2S/c18-11-4-1-3-10(7-11)17-12(5-2-6-22-17)13-8-15(20)16(9-14(13)19)25(21,23)24/h1-9H,(H2,21,23,24). The second-order valence-electron chi connectivity index (χ2n) is 5.22. The molecule has 0 radical (unpaired) electrons. The first kappa shape index (κ1) is 17.7. The summed E-state index contributed by atoms with van der Waals surface area (Å²) in [5.74, 6) is -2.03. The van der Waals surface area contributed by atoms with E-state index in [0.717, 1.165) is 10.5 Å². The zero-order chi connectivity index (χ0) is 18.2. The van der Waals surface area contributed by atoms with E-state index in [2.05, 4.69) is 20.9 Å². The fourth-order valence-corrected chi connectivity index (χ4v) is 3.44. The zero-order valence-electron chi connectivity index (χ0n) is 12.6. The van der Waals surface area contributed by atoms with Crippen molar-refractivity contribution in [1.29, 1.82) is 0 Å². The van der Waals surface area contributed by atoms with Crippen LogP contribution in [0.3, 0.4) is 0 Å². The van der Waals surface area contributed by atoms with Gasteiger partial charge in [-0.05, 0) is 30.3 Å². The van der Waals surface area contributed by atoms with Gasteiger partial charge in [0.15, 0.2) is 0 Å². The molecule has 0 bridgehead atoms. The summed E-state index contributed by atoms with van der Waals surface area (Å²) < 4.78 is 52.1. The van der Waals surface area contributed by atoms with Crippen LogP contribution in [-0.2, 0) is 10.0 Å². The van der Waals surface area contributed by atoms with Crippen molar-refractivity contribution in [3.63, 3.8) is 0 Å². The quantitative estimate of drug-likeness (QED) is 0.687. The maximum atomic E-state index is 14.5. The minimum absolute atomic E-state index is 0.104. The number of rotatable bonds is 3. The van der Waals surface area contributed by atoms with Crippen LogP contribution in [0.4, 0.5) is 8.78 Å². The molecule has 2 N–H and O–H groups in total. The van der Waals surface area contributed by atoms with Gasteiger partial charge in [-0.2, -0.15) is 0 Å². The van der Waals surface area contributed by atoms with Gasteiger partial charge in [0.1, 0.15) is 16.5 Å². The van der Waals surface area contributed by atoms with E-state index in [1.165, 1.54) is 6.20 Å². The van der Waals surface area contributed by atoms with Crippen LogP contribution in [0.1, 0.15) is 0 Å². The van der Waals surface area contributed by atoms with Crippen molar-refractivity contribution >= 4 is 26.0 Å². The highest BCUT2D eigenvalue weighted by atomic mass is 79.9. The molecule has 0 aliphatic carbocycles. The number of sulfonamides is 1. The van der Waals surface area contributed by atoms with Crippen molar-refractivity contribution in [2.45, 2.75) is 4.90 Å². The Morgan fingerprint density at radius 1 is 0.960 bits per heavy atom. The van der Waals surface area contributed by atoms with Gasteiger partial charge in [-0.3, -0.25) is 4.98 Å². The highest BCUT2D eigenvalue weighted by molar-refractivity contribution is 9.10. The summed E-state index contributed by atoms with van der Waals surface area (Å²) in [6.45, 7) is 0. The number of halogens is 3. The second kappa shape index (κ2) is 6.62. The first-order valence-corrected chi connectivity index (χ1v) is 9.34. The molecule has 0 aliphatic rings. The predicted octanol–water partition coefficient (Wildman–Crippen LogP) is 4.10. The molecule has 1 heterocycles. The average Bonchev–Trinajstić information content (AvgIpc) is 2.55. The summed E-state index contributed by atoms with van der Waals surface area (Å²) in [6.07, 6.45) is 1.53. The number of hydrogen-bond donors (Lipinski definition) is 1. The fourth-order valence-electron chi connectivity index (χ4n) is 2.44. The Morgan fingerprint density at radius 3 is 2.40 bits per heavy atom. The maximum Gasteiger partial charge on any atom is 0.241 e. The van der Waals surface area contributed by atoms with E-state index < -0.39 is 26.6 Å². The molecule has 0 saturated carbocycles. The Balaban J connectivity index is 2.24. The maximum absolute atomic E-state index is 14.5. The summed E-state index contributed by atoms with van der Waals surface area (Å²) in [7, 11) is -4.36. The van der Waals surface area contributed by atoms with Crippen LogP contribution in [0.5, 0.6) is 0 Å². The van der Waals surface area contributed by atoms with Crippen molar-refractivity contribution in [3.05, 3.63) is 70.8 Å². The molecule has 0 aliphatic heterocycles. The van der Waals surface area contributed by atoms with E-state index in [1.807, 2.05) is 6.07 Å². The van der Waals surface area contributed by atoms with Crippen LogP contribution in [0.25, 0.3) is 22.4 Å². The average molecular weight is 425 g/mol. The van der Waals surface area contributed by atoms with Gasteiger partial charge in [0.2, 0.25) is 10.0 Å². The highest BCUT2D eigenvalue weighted by Crippen LogP contribution is 2.34. The molecule has 4 nitrogen and oxygen atoms in total. The fraction of sp³-hybridized carbons (Fsp3) is 0. The first-order chi connectivity index (χ1) is 11.8. The van der Waals surface area contributed by atoms with Crippen molar-refractivity contribution in [3.8, 4) is 22.4 Å². The lowest BCUT2D eigenvalue weighted by molar-refractivity contribution is 0.555. The molecule has 0 unspecified atom stereocenters. The van der Waals surface area contributed by atoms with E-state index in [0.29, 0.717) is 22.9 Å². The lowest BCUT2D eigenvalue weighted by Crippen LogP contribution is -2.14. The third-order valence-corrected chi connectivity index (χ3v) is 4.94. The Kier molecular flexibility index (Phi) is 4.68. The van der Waals surface area contributed by atoms with Crippen molar-refractivity contribution < 1.29 is 17.2 Å². The molecule has 0 spiro atoms. The van der Waals surface area contributed by atoms with Crippen molar-refractivity contribution in [2.24, 2.45) is 5.14 Å². The van der Waals surface area contributed by atoms with Gasteiger partial charge in [0.25, 0.3) is 0 Å². The Hall–Kier alpha value is -2.16. The van der Waals surface area contributed by atoms with Crippen LogP contribution in [-0.4, -0.2) is 13.4 Å². The Bertz CT molecular complexity index is 1070. The third kappa shape index (κ3) is 3.60. The summed E-state index contributed by atoms with van der Waals surface area (Å²) in [5.41, 5.74) is 1.36. The molecule has 25 heavy (non-hydrogen) atoms. The topological polar surface area (TPSA) is 73.1 Å². The molecular weight excluding hydrogens is 414 g/mol. The van der Waals surface area contributed by atoms with Gasteiger partial charge in [-0.25, -0.2) is 22.3 Å². The SMILES string of the molecule is NS(=O)(=O)c1cc(F)c(-c2cccnc2-c2cccc(Br)c2)cc1F. The number of nitrogens with zero attached hydrogens (tertiary/aromatic N) is 1. The summed E-state index contributed by atoms with van der Waals surface area (Å²) in [6, 6.07) is 11.7. The molecule has 1 aromatic heterocycles. The summed E-state index contributed by atoms with van der Waals surface area (Å²) in [4.78, 5) is 3.37. The number of hydrogen-bond acceptors (Lipinski definition) is 3. The van der Waals surface area contributed by atoms with Crippen LogP contribution in [0.15, 0.2) is 64.1 Å². The Morgan fingerprint density at radius 2 is 1.72 bits per heavy atom. The first-order valence-electron chi connectivity index (χ1n) is 7.00. The highest BCUT2D eigenvalue weighted by Gasteiger charge is 2.21. The van der Waals surface area contributed by atoms with E-state index in [-0.39, 0.29) is 5.56 Å². The minimum Gasteiger partial charge on any atom is -0.256 e. The van der Waals surface area contributed by atoms with Gasteiger partial charge >= 0.3 is 0 Å². The zero-order valence-corrected chi connectivity index (χ0v) is 15.0. The number of aromatic nitrogens is 1. The van der Waals surface area contributed by atoms with E-state index >= 15 is 0 Å². The molecule has 128 valence electrons. The molecule has 8 heteroatoms. The van der Waals surface area contributed by atoms with Gasteiger partial charge < -0.3 is 0 Å². The predicted molar refractivity (Wildman–Crippen MR) is 94.1 cm³/mol. The minimum atomic E-state index is -4.36.